The van der Waals surface area contributed by atoms with Crippen LogP contribution in [-0.4, -0.2) is 34.4 Å². The molecule has 3 heterocycles. The van der Waals surface area contributed by atoms with Crippen LogP contribution < -0.4 is 10.9 Å². The number of fused-ring (bicyclic) bond motifs is 1. The van der Waals surface area contributed by atoms with E-state index in [0.717, 1.165) is 31.1 Å². The average molecular weight is 249 g/mol. The van der Waals surface area contributed by atoms with Gasteiger partial charge >= 0.3 is 7.12 Å². The van der Waals surface area contributed by atoms with E-state index < -0.39 is 0 Å². The predicted molar refractivity (Wildman–Crippen MR) is 71.0 cm³/mol. The van der Waals surface area contributed by atoms with Crippen molar-refractivity contribution in [3.63, 3.8) is 0 Å². The molecule has 0 saturated carbocycles. The normalized spacial score (nSPS) is 24.8. The van der Waals surface area contributed by atoms with Crippen LogP contribution in [-0.2, 0) is 15.9 Å². The Morgan fingerprint density at radius 3 is 2.61 bits per heavy atom. The third kappa shape index (κ3) is 1.67. The highest BCUT2D eigenvalue weighted by Gasteiger charge is 2.53. The minimum atomic E-state index is -0.323. The van der Waals surface area contributed by atoms with E-state index in [1.54, 1.807) is 0 Å². The Morgan fingerprint density at radius 2 is 1.94 bits per heavy atom. The molecule has 6 heteroatoms. The van der Waals surface area contributed by atoms with Gasteiger partial charge < -0.3 is 19.2 Å². The van der Waals surface area contributed by atoms with Crippen LogP contribution in [0.4, 0.5) is 5.95 Å². The Balaban J connectivity index is 1.91. The number of rotatable bonds is 1. The van der Waals surface area contributed by atoms with Gasteiger partial charge in [0.15, 0.2) is 0 Å². The fraction of sp³-hybridized carbons (Fsp3) is 0.750. The zero-order valence-electron chi connectivity index (χ0n) is 11.5. The Hall–Kier alpha value is -1.01. The smallest absolute Gasteiger partial charge is 0.398 e. The molecular weight excluding hydrogens is 229 g/mol. The fourth-order valence-electron chi connectivity index (χ4n) is 2.35. The largest absolute Gasteiger partial charge is 0.514 e. The lowest BCUT2D eigenvalue weighted by atomic mass is 9.85. The van der Waals surface area contributed by atoms with Crippen LogP contribution in [0.15, 0.2) is 6.20 Å². The van der Waals surface area contributed by atoms with Crippen molar-refractivity contribution in [2.45, 2.75) is 51.9 Å². The summed E-state index contributed by atoms with van der Waals surface area (Å²) in [6, 6.07) is 0. The lowest BCUT2D eigenvalue weighted by molar-refractivity contribution is 0.00578. The third-order valence-electron chi connectivity index (χ3n) is 4.22. The summed E-state index contributed by atoms with van der Waals surface area (Å²) in [5.41, 5.74) is 0.408. The number of hydrogen-bond acceptors (Lipinski definition) is 4. The highest BCUT2D eigenvalue weighted by molar-refractivity contribution is 6.61. The minimum Gasteiger partial charge on any atom is -0.398 e. The molecule has 3 rings (SSSR count). The lowest BCUT2D eigenvalue weighted by Gasteiger charge is -2.32. The van der Waals surface area contributed by atoms with Crippen molar-refractivity contribution in [3.8, 4) is 0 Å². The standard InChI is InChI=1S/C12H20BN3O2/c1-11(2)12(3,4)18-13(17-11)9-8-15-10-14-6-5-7-16(9)10/h8H,5-7H2,1-4H3,(H,14,15). The van der Waals surface area contributed by atoms with Gasteiger partial charge in [-0.15, -0.1) is 0 Å². The van der Waals surface area contributed by atoms with Crippen molar-refractivity contribution in [3.05, 3.63) is 6.20 Å². The summed E-state index contributed by atoms with van der Waals surface area (Å²) in [5.74, 6) is 0.922. The highest BCUT2D eigenvalue weighted by Crippen LogP contribution is 2.36. The first-order chi connectivity index (χ1) is 8.41. The van der Waals surface area contributed by atoms with Crippen molar-refractivity contribution < 1.29 is 9.31 Å². The van der Waals surface area contributed by atoms with E-state index in [1.165, 1.54) is 0 Å². The monoisotopic (exact) mass is 249 g/mol. The maximum absolute atomic E-state index is 6.06. The molecule has 2 aliphatic rings. The molecule has 98 valence electrons. The van der Waals surface area contributed by atoms with Gasteiger partial charge in [0.25, 0.3) is 0 Å². The van der Waals surface area contributed by atoms with Crippen molar-refractivity contribution in [1.82, 2.24) is 9.55 Å². The Bertz CT molecular complexity index is 454. The van der Waals surface area contributed by atoms with Crippen LogP contribution in [0.1, 0.15) is 34.1 Å². The molecule has 1 N–H and O–H groups in total. The Morgan fingerprint density at radius 1 is 1.28 bits per heavy atom. The summed E-state index contributed by atoms with van der Waals surface area (Å²) in [6.07, 6.45) is 2.96. The summed E-state index contributed by atoms with van der Waals surface area (Å²) in [6.45, 7) is 10.2. The van der Waals surface area contributed by atoms with Gasteiger partial charge in [-0.3, -0.25) is 0 Å². The van der Waals surface area contributed by atoms with E-state index in [9.17, 15) is 0 Å². The maximum Gasteiger partial charge on any atom is 0.514 e. The molecule has 0 aliphatic carbocycles. The molecule has 2 aliphatic heterocycles. The number of aromatic nitrogens is 2. The molecule has 0 radical (unpaired) electrons. The van der Waals surface area contributed by atoms with Gasteiger partial charge in [-0.25, -0.2) is 4.98 Å². The van der Waals surface area contributed by atoms with Crippen molar-refractivity contribution >= 4 is 18.7 Å². The first-order valence-electron chi connectivity index (χ1n) is 6.56. The zero-order chi connectivity index (χ0) is 13.0. The van der Waals surface area contributed by atoms with Crippen LogP contribution in [0, 0.1) is 0 Å². The fourth-order valence-corrected chi connectivity index (χ4v) is 2.35. The van der Waals surface area contributed by atoms with Gasteiger partial charge in [-0.1, -0.05) is 0 Å². The minimum absolute atomic E-state index is 0.301. The molecule has 5 nitrogen and oxygen atoms in total. The zero-order valence-corrected chi connectivity index (χ0v) is 11.5. The molecule has 0 aromatic carbocycles. The van der Waals surface area contributed by atoms with Gasteiger partial charge in [0.2, 0.25) is 5.95 Å². The molecule has 0 unspecified atom stereocenters. The first kappa shape index (κ1) is 12.1. The number of nitrogens with zero attached hydrogens (tertiary/aromatic N) is 2. The molecule has 1 aromatic rings. The SMILES string of the molecule is CC1(C)OB(c2cnc3n2CCCN3)OC1(C)C. The Kier molecular flexibility index (Phi) is 2.51. The number of imidazole rings is 1. The van der Waals surface area contributed by atoms with Gasteiger partial charge in [0.05, 0.1) is 16.8 Å². The molecule has 1 aromatic heterocycles. The second-order valence-electron chi connectivity index (χ2n) is 6.03. The molecule has 0 atom stereocenters. The first-order valence-corrected chi connectivity index (χ1v) is 6.56. The maximum atomic E-state index is 6.06. The van der Waals surface area contributed by atoms with Crippen LogP contribution >= 0.6 is 0 Å². The van der Waals surface area contributed by atoms with Crippen molar-refractivity contribution in [2.24, 2.45) is 0 Å². The molecule has 1 saturated heterocycles. The van der Waals surface area contributed by atoms with Crippen LogP contribution in [0.5, 0.6) is 0 Å². The topological polar surface area (TPSA) is 48.3 Å². The average Bonchev–Trinajstić information content (AvgIpc) is 2.78. The third-order valence-corrected chi connectivity index (χ3v) is 4.22. The van der Waals surface area contributed by atoms with Crippen molar-refractivity contribution in [1.29, 1.82) is 0 Å². The lowest BCUT2D eigenvalue weighted by Crippen LogP contribution is -2.41. The number of nitrogens with one attached hydrogen (secondary N) is 1. The summed E-state index contributed by atoms with van der Waals surface area (Å²) in [5, 5.41) is 3.29. The van der Waals surface area contributed by atoms with Gasteiger partial charge in [0, 0.05) is 19.3 Å². The van der Waals surface area contributed by atoms with Crippen LogP contribution in [0.2, 0.25) is 0 Å². The molecule has 0 spiro atoms. The van der Waals surface area contributed by atoms with Gasteiger partial charge in [0.1, 0.15) is 0 Å². The second-order valence-corrected chi connectivity index (χ2v) is 6.03. The van der Waals surface area contributed by atoms with Crippen molar-refractivity contribution in [2.75, 3.05) is 11.9 Å². The molecule has 1 fully saturated rings. The number of anilines is 1. The van der Waals surface area contributed by atoms with Crippen LogP contribution in [0.3, 0.4) is 0 Å². The summed E-state index contributed by atoms with van der Waals surface area (Å²) in [7, 11) is -0.323. The molecular formula is C12H20BN3O2. The van der Waals surface area contributed by atoms with Crippen LogP contribution in [0.25, 0.3) is 0 Å². The summed E-state index contributed by atoms with van der Waals surface area (Å²) < 4.78 is 14.3. The van der Waals surface area contributed by atoms with E-state index >= 15 is 0 Å². The molecule has 0 amide bonds. The number of hydrogen-bond donors (Lipinski definition) is 1. The van der Waals surface area contributed by atoms with E-state index in [1.807, 2.05) is 6.20 Å². The second kappa shape index (κ2) is 3.74. The Labute approximate surface area is 108 Å². The van der Waals surface area contributed by atoms with E-state index in [0.29, 0.717) is 0 Å². The van der Waals surface area contributed by atoms with Gasteiger partial charge in [-0.05, 0) is 34.1 Å². The summed E-state index contributed by atoms with van der Waals surface area (Å²) >= 11 is 0. The summed E-state index contributed by atoms with van der Waals surface area (Å²) in [4.78, 5) is 4.39. The van der Waals surface area contributed by atoms with E-state index in [2.05, 4.69) is 42.6 Å². The quantitative estimate of drug-likeness (QED) is 0.754. The molecule has 18 heavy (non-hydrogen) atoms. The molecule has 0 bridgehead atoms. The van der Waals surface area contributed by atoms with Gasteiger partial charge in [-0.2, -0.15) is 0 Å². The highest BCUT2D eigenvalue weighted by atomic mass is 16.7. The predicted octanol–water partition coefficient (Wildman–Crippen LogP) is 0.998. The van der Waals surface area contributed by atoms with E-state index in [4.69, 9.17) is 9.31 Å². The van der Waals surface area contributed by atoms with E-state index in [-0.39, 0.29) is 18.3 Å².